The summed E-state index contributed by atoms with van der Waals surface area (Å²) in [6.07, 6.45) is 0.312. The van der Waals surface area contributed by atoms with Crippen molar-refractivity contribution in [1.29, 1.82) is 0 Å². The van der Waals surface area contributed by atoms with Crippen molar-refractivity contribution in [2.75, 3.05) is 5.32 Å². The number of benzene rings is 1. The molecule has 5 heteroatoms. The first-order valence-electron chi connectivity index (χ1n) is 4.49. The zero-order chi connectivity index (χ0) is 11.4. The zero-order valence-electron chi connectivity index (χ0n) is 8.13. The molecular formula is C10H11F2NO2. The third-order valence-electron chi connectivity index (χ3n) is 1.97. The standard InChI is InChI=1S/C10H11F2NO2/c1-2-8(10(14)15)13-9-4-3-6(11)5-7(9)12/h3-5,8,13H,2H2,1H3,(H,14,15). The minimum atomic E-state index is -1.07. The molecule has 0 radical (unpaired) electrons. The number of aliphatic carboxylic acids is 1. The molecule has 15 heavy (non-hydrogen) atoms. The lowest BCUT2D eigenvalue weighted by Gasteiger charge is -2.13. The molecule has 1 rings (SSSR count). The number of nitrogens with one attached hydrogen (secondary N) is 1. The SMILES string of the molecule is CCC(Nc1ccc(F)cc1F)C(=O)O. The van der Waals surface area contributed by atoms with Gasteiger partial charge in [0.1, 0.15) is 17.7 Å². The highest BCUT2D eigenvalue weighted by Crippen LogP contribution is 2.16. The van der Waals surface area contributed by atoms with E-state index in [1.165, 1.54) is 6.07 Å². The fourth-order valence-electron chi connectivity index (χ4n) is 1.13. The molecule has 1 aromatic rings. The van der Waals surface area contributed by atoms with Crippen molar-refractivity contribution in [3.63, 3.8) is 0 Å². The minimum Gasteiger partial charge on any atom is -0.480 e. The Morgan fingerprint density at radius 3 is 2.67 bits per heavy atom. The largest absolute Gasteiger partial charge is 0.480 e. The maximum Gasteiger partial charge on any atom is 0.326 e. The second-order valence-corrected chi connectivity index (χ2v) is 3.07. The first kappa shape index (κ1) is 11.4. The van der Waals surface area contributed by atoms with Crippen molar-refractivity contribution >= 4 is 11.7 Å². The van der Waals surface area contributed by atoms with Crippen molar-refractivity contribution in [3.8, 4) is 0 Å². The minimum absolute atomic E-state index is 0.00866. The van der Waals surface area contributed by atoms with E-state index in [-0.39, 0.29) is 5.69 Å². The molecule has 1 atom stereocenters. The topological polar surface area (TPSA) is 49.3 Å². The van der Waals surface area contributed by atoms with Gasteiger partial charge >= 0.3 is 5.97 Å². The average Bonchev–Trinajstić information content (AvgIpc) is 2.16. The number of anilines is 1. The van der Waals surface area contributed by atoms with Crippen molar-refractivity contribution in [2.45, 2.75) is 19.4 Å². The first-order valence-corrected chi connectivity index (χ1v) is 4.49. The van der Waals surface area contributed by atoms with Crippen LogP contribution in [-0.2, 0) is 4.79 Å². The summed E-state index contributed by atoms with van der Waals surface area (Å²) in [7, 11) is 0. The van der Waals surface area contributed by atoms with Crippen LogP contribution in [0.4, 0.5) is 14.5 Å². The van der Waals surface area contributed by atoms with E-state index >= 15 is 0 Å². The summed E-state index contributed by atoms with van der Waals surface area (Å²) in [6.45, 7) is 1.66. The van der Waals surface area contributed by atoms with Gasteiger partial charge in [0, 0.05) is 6.07 Å². The lowest BCUT2D eigenvalue weighted by Crippen LogP contribution is -2.28. The normalized spacial score (nSPS) is 12.2. The van der Waals surface area contributed by atoms with Crippen LogP contribution < -0.4 is 5.32 Å². The molecule has 0 aliphatic carbocycles. The Kier molecular flexibility index (Phi) is 3.60. The number of carbonyl (C=O) groups is 1. The molecule has 1 unspecified atom stereocenters. The van der Waals surface area contributed by atoms with E-state index < -0.39 is 23.6 Å². The number of rotatable bonds is 4. The maximum absolute atomic E-state index is 13.1. The molecule has 0 aromatic heterocycles. The Bertz CT molecular complexity index is 368. The molecule has 0 aliphatic heterocycles. The summed E-state index contributed by atoms with van der Waals surface area (Å²) in [5.41, 5.74) is -0.00866. The molecule has 0 spiro atoms. The van der Waals surface area contributed by atoms with Crippen LogP contribution in [0.5, 0.6) is 0 Å². The fraction of sp³-hybridized carbons (Fsp3) is 0.300. The fourth-order valence-corrected chi connectivity index (χ4v) is 1.13. The zero-order valence-corrected chi connectivity index (χ0v) is 8.13. The molecule has 82 valence electrons. The Morgan fingerprint density at radius 1 is 1.53 bits per heavy atom. The Labute approximate surface area is 85.7 Å². The van der Waals surface area contributed by atoms with Crippen LogP contribution in [-0.4, -0.2) is 17.1 Å². The monoisotopic (exact) mass is 215 g/mol. The molecule has 0 saturated carbocycles. The summed E-state index contributed by atoms with van der Waals surface area (Å²) in [5.74, 6) is -2.56. The van der Waals surface area contributed by atoms with Crippen LogP contribution >= 0.6 is 0 Å². The molecule has 3 nitrogen and oxygen atoms in total. The Morgan fingerprint density at radius 2 is 2.20 bits per heavy atom. The second kappa shape index (κ2) is 4.72. The number of hydrogen-bond donors (Lipinski definition) is 2. The van der Waals surface area contributed by atoms with Crippen molar-refractivity contribution in [1.82, 2.24) is 0 Å². The van der Waals surface area contributed by atoms with E-state index in [2.05, 4.69) is 5.32 Å². The van der Waals surface area contributed by atoms with Crippen LogP contribution in [0.2, 0.25) is 0 Å². The maximum atomic E-state index is 13.1. The Hall–Kier alpha value is -1.65. The average molecular weight is 215 g/mol. The molecule has 0 heterocycles. The molecule has 0 saturated heterocycles. The van der Waals surface area contributed by atoms with E-state index in [4.69, 9.17) is 5.11 Å². The van der Waals surface area contributed by atoms with Gasteiger partial charge in [0.05, 0.1) is 5.69 Å². The molecule has 0 bridgehead atoms. The molecular weight excluding hydrogens is 204 g/mol. The summed E-state index contributed by atoms with van der Waals surface area (Å²) in [4.78, 5) is 10.7. The lowest BCUT2D eigenvalue weighted by molar-refractivity contribution is -0.137. The van der Waals surface area contributed by atoms with Gasteiger partial charge < -0.3 is 10.4 Å². The van der Waals surface area contributed by atoms with Gasteiger partial charge in [-0.05, 0) is 18.6 Å². The van der Waals surface area contributed by atoms with Crippen molar-refractivity contribution in [3.05, 3.63) is 29.8 Å². The molecule has 0 amide bonds. The van der Waals surface area contributed by atoms with E-state index in [0.717, 1.165) is 6.07 Å². The van der Waals surface area contributed by atoms with Gasteiger partial charge in [0.2, 0.25) is 0 Å². The van der Waals surface area contributed by atoms with Crippen LogP contribution in [0.3, 0.4) is 0 Å². The van der Waals surface area contributed by atoms with Gasteiger partial charge in [-0.25, -0.2) is 13.6 Å². The van der Waals surface area contributed by atoms with Crippen LogP contribution in [0.25, 0.3) is 0 Å². The highest BCUT2D eigenvalue weighted by atomic mass is 19.1. The van der Waals surface area contributed by atoms with Crippen LogP contribution in [0, 0.1) is 11.6 Å². The number of halogens is 2. The van der Waals surface area contributed by atoms with Gasteiger partial charge in [-0.2, -0.15) is 0 Å². The number of carboxylic acids is 1. The van der Waals surface area contributed by atoms with E-state index in [0.29, 0.717) is 12.5 Å². The third kappa shape index (κ3) is 2.90. The van der Waals surface area contributed by atoms with Gasteiger partial charge in [-0.1, -0.05) is 6.92 Å². The quantitative estimate of drug-likeness (QED) is 0.809. The third-order valence-corrected chi connectivity index (χ3v) is 1.97. The predicted octanol–water partition coefficient (Wildman–Crippen LogP) is 2.24. The molecule has 2 N–H and O–H groups in total. The molecule has 1 aromatic carbocycles. The van der Waals surface area contributed by atoms with Gasteiger partial charge in [0.15, 0.2) is 0 Å². The van der Waals surface area contributed by atoms with E-state index in [1.807, 2.05) is 0 Å². The smallest absolute Gasteiger partial charge is 0.326 e. The highest BCUT2D eigenvalue weighted by molar-refractivity contribution is 5.77. The van der Waals surface area contributed by atoms with Crippen molar-refractivity contribution < 1.29 is 18.7 Å². The van der Waals surface area contributed by atoms with Gasteiger partial charge in [0.25, 0.3) is 0 Å². The van der Waals surface area contributed by atoms with E-state index in [9.17, 15) is 13.6 Å². The molecule has 0 aliphatic rings. The van der Waals surface area contributed by atoms with Gasteiger partial charge in [-0.15, -0.1) is 0 Å². The lowest BCUT2D eigenvalue weighted by atomic mass is 10.2. The second-order valence-electron chi connectivity index (χ2n) is 3.07. The van der Waals surface area contributed by atoms with Gasteiger partial charge in [-0.3, -0.25) is 0 Å². The van der Waals surface area contributed by atoms with Crippen molar-refractivity contribution in [2.24, 2.45) is 0 Å². The number of hydrogen-bond acceptors (Lipinski definition) is 2. The first-order chi connectivity index (χ1) is 7.04. The predicted molar refractivity (Wildman–Crippen MR) is 51.7 cm³/mol. The van der Waals surface area contributed by atoms with E-state index in [1.54, 1.807) is 6.92 Å². The molecule has 0 fully saturated rings. The van der Waals surface area contributed by atoms with Crippen LogP contribution in [0.1, 0.15) is 13.3 Å². The van der Waals surface area contributed by atoms with Crippen LogP contribution in [0.15, 0.2) is 18.2 Å². The Balaban J connectivity index is 2.84. The highest BCUT2D eigenvalue weighted by Gasteiger charge is 2.16. The summed E-state index contributed by atoms with van der Waals surface area (Å²) < 4.78 is 25.7. The number of carboxylic acid groups (broad SMARTS) is 1. The summed E-state index contributed by atoms with van der Waals surface area (Å²) in [6, 6.07) is 2.08. The summed E-state index contributed by atoms with van der Waals surface area (Å²) in [5, 5.41) is 11.2. The summed E-state index contributed by atoms with van der Waals surface area (Å²) >= 11 is 0.